The molecule has 0 aliphatic carbocycles. The highest BCUT2D eigenvalue weighted by molar-refractivity contribution is 4.94. The molecular weight excluding hydrogens is 226 g/mol. The van der Waals surface area contributed by atoms with Crippen molar-refractivity contribution in [3.05, 3.63) is 0 Å². The zero-order valence-corrected chi connectivity index (χ0v) is 12.0. The third-order valence-electron chi connectivity index (χ3n) is 5.16. The molecule has 2 saturated heterocycles. The first-order valence-corrected chi connectivity index (χ1v) is 7.67. The molecule has 106 valence electrons. The highest BCUT2D eigenvalue weighted by atomic mass is 16.5. The van der Waals surface area contributed by atoms with Crippen molar-refractivity contribution in [1.82, 2.24) is 4.90 Å². The Morgan fingerprint density at radius 2 is 1.89 bits per heavy atom. The average molecular weight is 255 g/mol. The molecule has 0 radical (unpaired) electrons. The van der Waals surface area contributed by atoms with E-state index in [1.54, 1.807) is 0 Å². The van der Waals surface area contributed by atoms with Gasteiger partial charge in [0, 0.05) is 18.8 Å². The molecule has 0 aromatic rings. The molecule has 0 aromatic carbocycles. The molecule has 0 amide bonds. The Morgan fingerprint density at radius 1 is 1.28 bits per heavy atom. The van der Waals surface area contributed by atoms with E-state index in [4.69, 9.17) is 4.74 Å². The number of likely N-dealkylation sites (tertiary alicyclic amines) is 1. The van der Waals surface area contributed by atoms with Crippen LogP contribution in [0.3, 0.4) is 0 Å². The highest BCUT2D eigenvalue weighted by Crippen LogP contribution is 2.32. The minimum atomic E-state index is -0.191. The quantitative estimate of drug-likeness (QED) is 0.819. The fraction of sp³-hybridized carbons (Fsp3) is 1.00. The van der Waals surface area contributed by atoms with E-state index in [2.05, 4.69) is 18.7 Å². The maximum Gasteiger partial charge on any atom is 0.0723 e. The number of ether oxygens (including phenoxy) is 1. The van der Waals surface area contributed by atoms with Gasteiger partial charge >= 0.3 is 0 Å². The van der Waals surface area contributed by atoms with Gasteiger partial charge in [-0.25, -0.2) is 0 Å². The van der Waals surface area contributed by atoms with Crippen LogP contribution in [0.15, 0.2) is 0 Å². The lowest BCUT2D eigenvalue weighted by Gasteiger charge is -2.43. The van der Waals surface area contributed by atoms with Crippen LogP contribution < -0.4 is 0 Å². The molecule has 2 atom stereocenters. The normalized spacial score (nSPS) is 28.2. The number of aliphatic hydroxyl groups excluding tert-OH is 1. The standard InChI is InChI=1S/C15H29NO2/c1-3-15(2,16-8-4-5-9-16)14(17)12-13-6-10-18-11-7-13/h13-14,17H,3-12H2,1-2H3. The summed E-state index contributed by atoms with van der Waals surface area (Å²) in [6.07, 6.45) is 6.62. The predicted octanol–water partition coefficient (Wildman–Crippen LogP) is 2.43. The van der Waals surface area contributed by atoms with Crippen molar-refractivity contribution >= 4 is 0 Å². The van der Waals surface area contributed by atoms with Crippen LogP contribution >= 0.6 is 0 Å². The van der Waals surface area contributed by atoms with Gasteiger partial charge in [-0.15, -0.1) is 0 Å². The molecule has 3 nitrogen and oxygen atoms in total. The smallest absolute Gasteiger partial charge is 0.0723 e. The summed E-state index contributed by atoms with van der Waals surface area (Å²) in [6, 6.07) is 0. The molecule has 0 bridgehead atoms. The molecule has 2 rings (SSSR count). The SMILES string of the molecule is CCC(C)(C(O)CC1CCOCC1)N1CCCC1. The van der Waals surface area contributed by atoms with E-state index in [0.717, 1.165) is 52.0 Å². The largest absolute Gasteiger partial charge is 0.391 e. The molecular formula is C15H29NO2. The first kappa shape index (κ1) is 14.3. The molecule has 2 fully saturated rings. The monoisotopic (exact) mass is 255 g/mol. The van der Waals surface area contributed by atoms with Gasteiger partial charge in [0.05, 0.1) is 6.10 Å². The molecule has 2 aliphatic heterocycles. The Kier molecular flexibility index (Phi) is 5.05. The summed E-state index contributed by atoms with van der Waals surface area (Å²) in [5.41, 5.74) is -0.0190. The lowest BCUT2D eigenvalue weighted by Crippen LogP contribution is -2.53. The van der Waals surface area contributed by atoms with Gasteiger partial charge in [-0.1, -0.05) is 6.92 Å². The van der Waals surface area contributed by atoms with E-state index >= 15 is 0 Å². The van der Waals surface area contributed by atoms with E-state index in [9.17, 15) is 5.11 Å². The third-order valence-corrected chi connectivity index (χ3v) is 5.16. The van der Waals surface area contributed by atoms with Gasteiger partial charge in [0.2, 0.25) is 0 Å². The number of rotatable bonds is 5. The van der Waals surface area contributed by atoms with Crippen molar-refractivity contribution < 1.29 is 9.84 Å². The summed E-state index contributed by atoms with van der Waals surface area (Å²) in [4.78, 5) is 2.51. The summed E-state index contributed by atoms with van der Waals surface area (Å²) in [5, 5.41) is 10.7. The van der Waals surface area contributed by atoms with Crippen LogP contribution in [0.1, 0.15) is 52.4 Å². The second-order valence-electron chi connectivity index (χ2n) is 6.21. The Balaban J connectivity index is 1.92. The van der Waals surface area contributed by atoms with Crippen molar-refractivity contribution in [1.29, 1.82) is 0 Å². The van der Waals surface area contributed by atoms with Crippen molar-refractivity contribution in [3.8, 4) is 0 Å². The van der Waals surface area contributed by atoms with Crippen molar-refractivity contribution in [3.63, 3.8) is 0 Å². The first-order valence-electron chi connectivity index (χ1n) is 7.67. The van der Waals surface area contributed by atoms with Crippen molar-refractivity contribution in [2.45, 2.75) is 64.0 Å². The summed E-state index contributed by atoms with van der Waals surface area (Å²) in [7, 11) is 0. The maximum atomic E-state index is 10.7. The van der Waals surface area contributed by atoms with Gasteiger partial charge in [-0.2, -0.15) is 0 Å². The average Bonchev–Trinajstić information content (AvgIpc) is 2.93. The van der Waals surface area contributed by atoms with Gasteiger partial charge in [0.1, 0.15) is 0 Å². The molecule has 3 heteroatoms. The molecule has 18 heavy (non-hydrogen) atoms. The van der Waals surface area contributed by atoms with Crippen molar-refractivity contribution in [2.24, 2.45) is 5.92 Å². The number of aliphatic hydroxyl groups is 1. The summed E-state index contributed by atoms with van der Waals surface area (Å²) in [5.74, 6) is 0.655. The second-order valence-corrected chi connectivity index (χ2v) is 6.21. The predicted molar refractivity (Wildman–Crippen MR) is 73.7 cm³/mol. The van der Waals surface area contributed by atoms with Crippen molar-refractivity contribution in [2.75, 3.05) is 26.3 Å². The summed E-state index contributed by atoms with van der Waals surface area (Å²) < 4.78 is 5.40. The van der Waals surface area contributed by atoms with Crippen LogP contribution in [-0.2, 0) is 4.74 Å². The van der Waals surface area contributed by atoms with Gasteiger partial charge in [0.25, 0.3) is 0 Å². The zero-order valence-electron chi connectivity index (χ0n) is 12.0. The molecule has 0 spiro atoms. The van der Waals surface area contributed by atoms with Gasteiger partial charge < -0.3 is 9.84 Å². The third kappa shape index (κ3) is 3.06. The van der Waals surface area contributed by atoms with Gasteiger partial charge in [0.15, 0.2) is 0 Å². The highest BCUT2D eigenvalue weighted by Gasteiger charge is 2.39. The fourth-order valence-electron chi connectivity index (χ4n) is 3.45. The number of hydrogen-bond acceptors (Lipinski definition) is 3. The van der Waals surface area contributed by atoms with Crippen LogP contribution in [0, 0.1) is 5.92 Å². The number of hydrogen-bond donors (Lipinski definition) is 1. The lowest BCUT2D eigenvalue weighted by molar-refractivity contribution is -0.0365. The van der Waals surface area contributed by atoms with Gasteiger partial charge in [-0.05, 0) is 64.5 Å². The van der Waals surface area contributed by atoms with Crippen LogP contribution in [0.25, 0.3) is 0 Å². The van der Waals surface area contributed by atoms with E-state index in [0.29, 0.717) is 5.92 Å². The van der Waals surface area contributed by atoms with Crippen LogP contribution in [0.5, 0.6) is 0 Å². The molecule has 0 saturated carbocycles. The number of nitrogens with zero attached hydrogens (tertiary/aromatic N) is 1. The Morgan fingerprint density at radius 3 is 2.44 bits per heavy atom. The van der Waals surface area contributed by atoms with Crippen LogP contribution in [0.2, 0.25) is 0 Å². The minimum absolute atomic E-state index is 0.0190. The van der Waals surface area contributed by atoms with E-state index in [1.165, 1.54) is 12.8 Å². The summed E-state index contributed by atoms with van der Waals surface area (Å²) in [6.45, 7) is 8.55. The second kappa shape index (κ2) is 6.36. The molecule has 0 aromatic heterocycles. The zero-order chi connectivity index (χ0) is 13.0. The molecule has 2 unspecified atom stereocenters. The van der Waals surface area contributed by atoms with Gasteiger partial charge in [-0.3, -0.25) is 4.90 Å². The van der Waals surface area contributed by atoms with E-state index < -0.39 is 0 Å². The Bertz CT molecular complexity index is 247. The maximum absolute atomic E-state index is 10.7. The molecule has 2 heterocycles. The Hall–Kier alpha value is -0.120. The van der Waals surface area contributed by atoms with E-state index in [1.807, 2.05) is 0 Å². The van der Waals surface area contributed by atoms with Crippen LogP contribution in [-0.4, -0.2) is 48.0 Å². The first-order chi connectivity index (χ1) is 8.66. The Labute approximate surface area is 112 Å². The molecule has 2 aliphatic rings. The van der Waals surface area contributed by atoms with Crippen LogP contribution in [0.4, 0.5) is 0 Å². The topological polar surface area (TPSA) is 32.7 Å². The molecule has 1 N–H and O–H groups in total. The summed E-state index contributed by atoms with van der Waals surface area (Å²) >= 11 is 0. The van der Waals surface area contributed by atoms with E-state index in [-0.39, 0.29) is 11.6 Å². The minimum Gasteiger partial charge on any atom is -0.391 e. The fourth-order valence-corrected chi connectivity index (χ4v) is 3.45. The lowest BCUT2D eigenvalue weighted by atomic mass is 9.82.